The molecule has 0 aliphatic carbocycles. The summed E-state index contributed by atoms with van der Waals surface area (Å²) in [5.74, 6) is 0.519. The first kappa shape index (κ1) is 12.1. The predicted molar refractivity (Wildman–Crippen MR) is 65.2 cm³/mol. The summed E-state index contributed by atoms with van der Waals surface area (Å²) >= 11 is 1.47. The number of aromatic amines is 1. The highest BCUT2D eigenvalue weighted by Gasteiger charge is 2.14. The average Bonchev–Trinajstić information content (AvgIpc) is 2.73. The Morgan fingerprint density at radius 3 is 2.65 bits per heavy atom. The highest BCUT2D eigenvalue weighted by molar-refractivity contribution is 7.99. The van der Waals surface area contributed by atoms with Crippen LogP contribution in [0, 0.1) is 12.7 Å². The molecule has 90 valence electrons. The molecule has 2 rings (SSSR count). The summed E-state index contributed by atoms with van der Waals surface area (Å²) < 4.78 is 12.8. The number of halogens is 1. The number of nitrogens with one attached hydrogen (secondary N) is 1. The lowest BCUT2D eigenvalue weighted by Gasteiger charge is -2.12. The fourth-order valence-electron chi connectivity index (χ4n) is 1.43. The second-order valence-corrected chi connectivity index (χ2v) is 4.77. The van der Waals surface area contributed by atoms with Crippen molar-refractivity contribution in [3.63, 3.8) is 0 Å². The van der Waals surface area contributed by atoms with Gasteiger partial charge in [-0.1, -0.05) is 23.9 Å². The van der Waals surface area contributed by atoms with Crippen LogP contribution in [0.4, 0.5) is 4.39 Å². The Morgan fingerprint density at radius 2 is 2.12 bits per heavy atom. The minimum absolute atomic E-state index is 0.0331. The summed E-state index contributed by atoms with van der Waals surface area (Å²) in [5, 5.41) is 7.51. The maximum absolute atomic E-state index is 12.8. The number of aryl methyl sites for hydroxylation is 1. The van der Waals surface area contributed by atoms with Gasteiger partial charge in [-0.05, 0) is 24.6 Å². The van der Waals surface area contributed by atoms with E-state index in [4.69, 9.17) is 5.73 Å². The molecule has 0 bridgehead atoms. The topological polar surface area (TPSA) is 67.6 Å². The highest BCUT2D eigenvalue weighted by Crippen LogP contribution is 2.32. The molecule has 0 radical (unpaired) electrons. The van der Waals surface area contributed by atoms with Gasteiger partial charge >= 0.3 is 0 Å². The molecule has 0 saturated heterocycles. The standard InChI is InChI=1S/C11H13FN4S/c1-7-14-11(16-15-7)17-10(6-13)8-2-4-9(12)5-3-8/h2-5,10H,6,13H2,1H3,(H,14,15,16). The van der Waals surface area contributed by atoms with Gasteiger partial charge in [0.05, 0.1) is 0 Å². The van der Waals surface area contributed by atoms with Gasteiger partial charge < -0.3 is 5.73 Å². The maximum Gasteiger partial charge on any atom is 0.209 e. The number of nitrogens with two attached hydrogens (primary N) is 1. The summed E-state index contributed by atoms with van der Waals surface area (Å²) in [6.45, 7) is 2.29. The Kier molecular flexibility index (Phi) is 3.75. The third-order valence-corrected chi connectivity index (χ3v) is 3.42. The molecule has 1 unspecified atom stereocenters. The lowest BCUT2D eigenvalue weighted by atomic mass is 10.1. The van der Waals surface area contributed by atoms with Gasteiger partial charge in [-0.2, -0.15) is 0 Å². The molecule has 2 aromatic rings. The summed E-state index contributed by atoms with van der Waals surface area (Å²) in [6.07, 6.45) is 0. The summed E-state index contributed by atoms with van der Waals surface area (Å²) in [6, 6.07) is 6.34. The summed E-state index contributed by atoms with van der Waals surface area (Å²) in [5.41, 5.74) is 6.69. The van der Waals surface area contributed by atoms with Crippen molar-refractivity contribution >= 4 is 11.8 Å². The lowest BCUT2D eigenvalue weighted by molar-refractivity contribution is 0.627. The van der Waals surface area contributed by atoms with Crippen LogP contribution in [0.5, 0.6) is 0 Å². The van der Waals surface area contributed by atoms with E-state index in [1.807, 2.05) is 6.92 Å². The number of nitrogens with zero attached hydrogens (tertiary/aromatic N) is 2. The second-order valence-electron chi connectivity index (χ2n) is 3.60. The number of benzene rings is 1. The minimum Gasteiger partial charge on any atom is -0.329 e. The highest BCUT2D eigenvalue weighted by atomic mass is 32.2. The molecule has 17 heavy (non-hydrogen) atoms. The third kappa shape index (κ3) is 3.04. The number of hydrogen-bond acceptors (Lipinski definition) is 4. The number of thioether (sulfide) groups is 1. The number of aromatic nitrogens is 3. The molecule has 6 heteroatoms. The molecule has 1 aromatic heterocycles. The van der Waals surface area contributed by atoms with E-state index >= 15 is 0 Å². The normalized spacial score (nSPS) is 12.6. The molecule has 0 amide bonds. The molecule has 1 aromatic carbocycles. The second kappa shape index (κ2) is 5.29. The van der Waals surface area contributed by atoms with Crippen LogP contribution < -0.4 is 5.73 Å². The van der Waals surface area contributed by atoms with E-state index in [0.717, 1.165) is 11.4 Å². The Morgan fingerprint density at radius 1 is 1.41 bits per heavy atom. The van der Waals surface area contributed by atoms with Crippen molar-refractivity contribution in [2.75, 3.05) is 6.54 Å². The van der Waals surface area contributed by atoms with Crippen LogP contribution in [0.1, 0.15) is 16.6 Å². The van der Waals surface area contributed by atoms with Crippen LogP contribution in [0.3, 0.4) is 0 Å². The van der Waals surface area contributed by atoms with Gasteiger partial charge in [0.1, 0.15) is 11.6 Å². The van der Waals surface area contributed by atoms with Crippen molar-refractivity contribution in [2.24, 2.45) is 5.73 Å². The average molecular weight is 252 g/mol. The van der Waals surface area contributed by atoms with Crippen LogP contribution >= 0.6 is 11.8 Å². The molecule has 0 aliphatic rings. The Bertz CT molecular complexity index is 482. The van der Waals surface area contributed by atoms with E-state index in [9.17, 15) is 4.39 Å². The third-order valence-electron chi connectivity index (χ3n) is 2.28. The van der Waals surface area contributed by atoms with Gasteiger partial charge in [-0.15, -0.1) is 5.10 Å². The quantitative estimate of drug-likeness (QED) is 0.817. The first-order valence-corrected chi connectivity index (χ1v) is 6.08. The van der Waals surface area contributed by atoms with Gasteiger partial charge in [-0.3, -0.25) is 5.10 Å². The number of H-pyrrole nitrogens is 1. The van der Waals surface area contributed by atoms with Gasteiger partial charge in [-0.25, -0.2) is 9.37 Å². The first-order chi connectivity index (χ1) is 8.19. The Labute approximate surface area is 103 Å². The smallest absolute Gasteiger partial charge is 0.209 e. The first-order valence-electron chi connectivity index (χ1n) is 5.20. The van der Waals surface area contributed by atoms with Crippen LogP contribution in [0.15, 0.2) is 29.4 Å². The Balaban J connectivity index is 2.13. The molecule has 0 fully saturated rings. The van der Waals surface area contributed by atoms with Crippen molar-refractivity contribution in [1.29, 1.82) is 0 Å². The monoisotopic (exact) mass is 252 g/mol. The molecule has 1 atom stereocenters. The van der Waals surface area contributed by atoms with Crippen LogP contribution in [-0.4, -0.2) is 21.7 Å². The Hall–Kier alpha value is -1.40. The maximum atomic E-state index is 12.8. The molecular formula is C11H13FN4S. The summed E-state index contributed by atoms with van der Waals surface area (Å²) in [7, 11) is 0. The molecule has 0 saturated carbocycles. The van der Waals surface area contributed by atoms with Crippen molar-refractivity contribution in [3.8, 4) is 0 Å². The minimum atomic E-state index is -0.247. The van der Waals surface area contributed by atoms with E-state index in [1.54, 1.807) is 12.1 Å². The number of hydrogen-bond donors (Lipinski definition) is 2. The van der Waals surface area contributed by atoms with E-state index in [0.29, 0.717) is 11.7 Å². The SMILES string of the molecule is Cc1nc(SC(CN)c2ccc(F)cc2)n[nH]1. The van der Waals surface area contributed by atoms with Crippen molar-refractivity contribution in [1.82, 2.24) is 15.2 Å². The van der Waals surface area contributed by atoms with Gasteiger partial charge in [0, 0.05) is 11.8 Å². The fourth-order valence-corrected chi connectivity index (χ4v) is 2.36. The molecule has 0 spiro atoms. The van der Waals surface area contributed by atoms with Crippen LogP contribution in [-0.2, 0) is 0 Å². The summed E-state index contributed by atoms with van der Waals surface area (Å²) in [4.78, 5) is 4.21. The molecule has 3 N–H and O–H groups in total. The number of rotatable bonds is 4. The van der Waals surface area contributed by atoms with E-state index < -0.39 is 0 Å². The fraction of sp³-hybridized carbons (Fsp3) is 0.273. The van der Waals surface area contributed by atoms with E-state index in [2.05, 4.69) is 15.2 Å². The largest absolute Gasteiger partial charge is 0.329 e. The zero-order valence-electron chi connectivity index (χ0n) is 9.35. The van der Waals surface area contributed by atoms with Crippen molar-refractivity contribution < 1.29 is 4.39 Å². The van der Waals surface area contributed by atoms with E-state index in [1.165, 1.54) is 23.9 Å². The van der Waals surface area contributed by atoms with Crippen LogP contribution in [0.25, 0.3) is 0 Å². The molecule has 4 nitrogen and oxygen atoms in total. The molecule has 0 aliphatic heterocycles. The van der Waals surface area contributed by atoms with Gasteiger partial charge in [0.15, 0.2) is 0 Å². The van der Waals surface area contributed by atoms with Gasteiger partial charge in [0.2, 0.25) is 5.16 Å². The van der Waals surface area contributed by atoms with Crippen molar-refractivity contribution in [3.05, 3.63) is 41.5 Å². The molecular weight excluding hydrogens is 239 g/mol. The predicted octanol–water partition coefficient (Wildman–Crippen LogP) is 2.04. The lowest BCUT2D eigenvalue weighted by Crippen LogP contribution is -2.09. The molecule has 1 heterocycles. The van der Waals surface area contributed by atoms with Crippen molar-refractivity contribution in [2.45, 2.75) is 17.3 Å². The zero-order valence-corrected chi connectivity index (χ0v) is 10.2. The van der Waals surface area contributed by atoms with Crippen LogP contribution in [0.2, 0.25) is 0 Å². The van der Waals surface area contributed by atoms with E-state index in [-0.39, 0.29) is 11.1 Å². The van der Waals surface area contributed by atoms with Gasteiger partial charge in [0.25, 0.3) is 0 Å². The zero-order chi connectivity index (χ0) is 12.3.